The molecule has 1 amide bonds. The third-order valence-electron chi connectivity index (χ3n) is 6.81. The SMILES string of the molecule is Cc1ccc2c(c1)c1ncn(Cc3nc(C4CC4)no3)c(=O)c1n2CC(=O)Nc1ccc(C)c(C)c1. The molecule has 0 aliphatic heterocycles. The Kier molecular flexibility index (Phi) is 5.21. The van der Waals surface area contributed by atoms with Gasteiger partial charge in [0.1, 0.15) is 24.1 Å². The molecule has 1 aliphatic carbocycles. The molecule has 1 N–H and O–H groups in total. The number of nitrogens with zero attached hydrogens (tertiary/aromatic N) is 5. The summed E-state index contributed by atoms with van der Waals surface area (Å²) in [6, 6.07) is 11.7. The van der Waals surface area contributed by atoms with Crippen LogP contribution >= 0.6 is 0 Å². The fraction of sp³-hybridized carbons (Fsp3) is 0.296. The van der Waals surface area contributed by atoms with E-state index in [9.17, 15) is 9.59 Å². The predicted octanol–water partition coefficient (Wildman–Crippen LogP) is 4.22. The summed E-state index contributed by atoms with van der Waals surface area (Å²) in [5.74, 6) is 1.20. The molecule has 1 aliphatic rings. The van der Waals surface area contributed by atoms with Gasteiger partial charge in [-0.25, -0.2) is 4.98 Å². The number of nitrogens with one attached hydrogen (secondary N) is 1. The number of anilines is 1. The molecule has 36 heavy (non-hydrogen) atoms. The van der Waals surface area contributed by atoms with Crippen molar-refractivity contribution < 1.29 is 9.32 Å². The Morgan fingerprint density at radius 2 is 1.94 bits per heavy atom. The topological polar surface area (TPSA) is 108 Å². The van der Waals surface area contributed by atoms with Gasteiger partial charge in [0, 0.05) is 17.0 Å². The Hall–Kier alpha value is -4.27. The van der Waals surface area contributed by atoms with E-state index in [4.69, 9.17) is 4.52 Å². The number of hydrogen-bond donors (Lipinski definition) is 1. The minimum atomic E-state index is -0.265. The maximum Gasteiger partial charge on any atom is 0.278 e. The van der Waals surface area contributed by atoms with Gasteiger partial charge in [-0.05, 0) is 69.0 Å². The minimum Gasteiger partial charge on any atom is -0.337 e. The number of fused-ring (bicyclic) bond motifs is 3. The first-order chi connectivity index (χ1) is 17.4. The van der Waals surface area contributed by atoms with Gasteiger partial charge in [-0.15, -0.1) is 0 Å². The highest BCUT2D eigenvalue weighted by Gasteiger charge is 2.29. The summed E-state index contributed by atoms with van der Waals surface area (Å²) < 4.78 is 8.57. The number of hydrogen-bond acceptors (Lipinski definition) is 6. The molecule has 0 bridgehead atoms. The first-order valence-corrected chi connectivity index (χ1v) is 12.0. The summed E-state index contributed by atoms with van der Waals surface area (Å²) in [5.41, 5.74) is 5.47. The highest BCUT2D eigenvalue weighted by molar-refractivity contribution is 6.06. The summed E-state index contributed by atoms with van der Waals surface area (Å²) in [6.45, 7) is 6.12. The Bertz CT molecular complexity index is 1710. The number of aromatic nitrogens is 5. The standard InChI is InChI=1S/C27H26N6O3/c1-15-4-9-21-20(10-15)24-25(33(21)12-22(34)29-19-8-5-16(2)17(3)11-19)27(35)32(14-28-24)13-23-30-26(31-36-23)18-6-7-18/h4-5,8-11,14,18H,6-7,12-13H2,1-3H3,(H,29,34). The second-order valence-electron chi connectivity index (χ2n) is 9.65. The zero-order valence-electron chi connectivity index (χ0n) is 20.4. The van der Waals surface area contributed by atoms with Crippen molar-refractivity contribution in [3.63, 3.8) is 0 Å². The molecule has 0 unspecified atom stereocenters. The predicted molar refractivity (Wildman–Crippen MR) is 136 cm³/mol. The highest BCUT2D eigenvalue weighted by Crippen LogP contribution is 2.38. The fourth-order valence-electron chi connectivity index (χ4n) is 4.54. The number of amides is 1. The van der Waals surface area contributed by atoms with Crippen LogP contribution in [0.5, 0.6) is 0 Å². The average molecular weight is 483 g/mol. The van der Waals surface area contributed by atoms with Gasteiger partial charge < -0.3 is 14.4 Å². The number of carbonyl (C=O) groups excluding carboxylic acids is 1. The van der Waals surface area contributed by atoms with Gasteiger partial charge in [0.25, 0.3) is 5.56 Å². The van der Waals surface area contributed by atoms with E-state index in [-0.39, 0.29) is 24.6 Å². The lowest BCUT2D eigenvalue weighted by Crippen LogP contribution is -2.25. The van der Waals surface area contributed by atoms with Crippen LogP contribution in [0.25, 0.3) is 21.9 Å². The van der Waals surface area contributed by atoms with Gasteiger partial charge in [0.15, 0.2) is 5.82 Å². The lowest BCUT2D eigenvalue weighted by molar-refractivity contribution is -0.116. The highest BCUT2D eigenvalue weighted by atomic mass is 16.5. The molecular weight excluding hydrogens is 456 g/mol. The zero-order valence-corrected chi connectivity index (χ0v) is 20.4. The van der Waals surface area contributed by atoms with E-state index in [2.05, 4.69) is 20.4 Å². The third-order valence-corrected chi connectivity index (χ3v) is 6.81. The van der Waals surface area contributed by atoms with Crippen molar-refractivity contribution in [1.29, 1.82) is 0 Å². The fourth-order valence-corrected chi connectivity index (χ4v) is 4.54. The molecule has 6 rings (SSSR count). The molecule has 2 aromatic carbocycles. The first kappa shape index (κ1) is 22.2. The van der Waals surface area contributed by atoms with E-state index in [0.717, 1.165) is 46.1 Å². The zero-order chi connectivity index (χ0) is 25.0. The Labute approximate surface area is 206 Å². The summed E-state index contributed by atoms with van der Waals surface area (Å²) in [5, 5.41) is 7.83. The van der Waals surface area contributed by atoms with Crippen LogP contribution in [0, 0.1) is 20.8 Å². The molecule has 1 fully saturated rings. The van der Waals surface area contributed by atoms with Gasteiger partial charge in [-0.1, -0.05) is 22.9 Å². The molecule has 0 spiro atoms. The Morgan fingerprint density at radius 3 is 2.72 bits per heavy atom. The maximum atomic E-state index is 13.7. The molecule has 9 heteroatoms. The quantitative estimate of drug-likeness (QED) is 0.388. The number of aryl methyl sites for hydroxylation is 3. The number of rotatable bonds is 6. The molecule has 1 saturated carbocycles. The monoisotopic (exact) mass is 482 g/mol. The van der Waals surface area contributed by atoms with Gasteiger partial charge >= 0.3 is 0 Å². The van der Waals surface area contributed by atoms with Crippen LogP contribution in [0.2, 0.25) is 0 Å². The van der Waals surface area contributed by atoms with E-state index < -0.39 is 0 Å². The van der Waals surface area contributed by atoms with Crippen LogP contribution in [0.3, 0.4) is 0 Å². The Balaban J connectivity index is 1.40. The average Bonchev–Trinajstić information content (AvgIpc) is 3.52. The molecular formula is C27H26N6O3. The summed E-state index contributed by atoms with van der Waals surface area (Å²) in [7, 11) is 0. The van der Waals surface area contributed by atoms with Gasteiger partial charge in [-0.2, -0.15) is 4.98 Å². The van der Waals surface area contributed by atoms with Crippen molar-refractivity contribution in [3.05, 3.63) is 81.5 Å². The summed E-state index contributed by atoms with van der Waals surface area (Å²) in [6.07, 6.45) is 3.64. The van der Waals surface area contributed by atoms with Crippen molar-refractivity contribution in [1.82, 2.24) is 24.3 Å². The second kappa shape index (κ2) is 8.44. The van der Waals surface area contributed by atoms with Gasteiger partial charge in [-0.3, -0.25) is 14.2 Å². The van der Waals surface area contributed by atoms with Crippen LogP contribution in [-0.2, 0) is 17.9 Å². The molecule has 5 aromatic rings. The van der Waals surface area contributed by atoms with Crippen LogP contribution in [0.1, 0.15) is 47.2 Å². The normalized spacial score (nSPS) is 13.5. The van der Waals surface area contributed by atoms with E-state index in [0.29, 0.717) is 28.7 Å². The second-order valence-corrected chi connectivity index (χ2v) is 9.65. The maximum absolute atomic E-state index is 13.7. The van der Waals surface area contributed by atoms with Gasteiger partial charge in [0.05, 0.1) is 11.8 Å². The van der Waals surface area contributed by atoms with Gasteiger partial charge in [0.2, 0.25) is 11.8 Å². The lowest BCUT2D eigenvalue weighted by Gasteiger charge is -2.10. The van der Waals surface area contributed by atoms with Crippen molar-refractivity contribution >= 4 is 33.5 Å². The Morgan fingerprint density at radius 1 is 1.11 bits per heavy atom. The van der Waals surface area contributed by atoms with E-state index in [1.54, 1.807) is 4.57 Å². The van der Waals surface area contributed by atoms with Crippen LogP contribution in [0.4, 0.5) is 5.69 Å². The molecule has 0 radical (unpaired) electrons. The lowest BCUT2D eigenvalue weighted by atomic mass is 10.1. The molecule has 9 nitrogen and oxygen atoms in total. The minimum absolute atomic E-state index is 0.0245. The first-order valence-electron chi connectivity index (χ1n) is 12.0. The smallest absolute Gasteiger partial charge is 0.278 e. The summed E-state index contributed by atoms with van der Waals surface area (Å²) in [4.78, 5) is 35.8. The van der Waals surface area contributed by atoms with Crippen molar-refractivity contribution in [2.24, 2.45) is 0 Å². The largest absolute Gasteiger partial charge is 0.337 e. The number of carbonyl (C=O) groups is 1. The van der Waals surface area contributed by atoms with Crippen molar-refractivity contribution in [2.75, 3.05) is 5.32 Å². The molecule has 3 aromatic heterocycles. The third kappa shape index (κ3) is 3.96. The van der Waals surface area contributed by atoms with Crippen LogP contribution < -0.4 is 10.9 Å². The van der Waals surface area contributed by atoms with Crippen molar-refractivity contribution in [3.8, 4) is 0 Å². The molecule has 3 heterocycles. The van der Waals surface area contributed by atoms with E-state index in [1.807, 2.05) is 57.2 Å². The van der Waals surface area contributed by atoms with Crippen molar-refractivity contribution in [2.45, 2.75) is 52.6 Å². The molecule has 0 saturated heterocycles. The molecule has 0 atom stereocenters. The summed E-state index contributed by atoms with van der Waals surface area (Å²) >= 11 is 0. The van der Waals surface area contributed by atoms with E-state index in [1.165, 1.54) is 10.9 Å². The van der Waals surface area contributed by atoms with Crippen LogP contribution in [0.15, 0.2) is 52.0 Å². The van der Waals surface area contributed by atoms with E-state index >= 15 is 0 Å². The van der Waals surface area contributed by atoms with Crippen LogP contribution in [-0.4, -0.2) is 30.2 Å². The molecule has 182 valence electrons. The number of benzene rings is 2.